The van der Waals surface area contributed by atoms with Crippen LogP contribution in [0, 0.1) is 5.82 Å². The van der Waals surface area contributed by atoms with E-state index in [9.17, 15) is 4.39 Å². The fourth-order valence-corrected chi connectivity index (χ4v) is 2.45. The number of hydrogen-bond acceptors (Lipinski definition) is 2. The van der Waals surface area contributed by atoms with Gasteiger partial charge in [0.2, 0.25) is 0 Å². The zero-order valence-corrected chi connectivity index (χ0v) is 13.4. The van der Waals surface area contributed by atoms with E-state index in [0.717, 1.165) is 28.3 Å². The molecule has 0 heterocycles. The molecule has 120 valence electrons. The minimum atomic E-state index is -0.248. The Morgan fingerprint density at radius 3 is 2.17 bits per heavy atom. The third-order valence-corrected chi connectivity index (χ3v) is 3.73. The monoisotopic (exact) mass is 319 g/mol. The highest BCUT2D eigenvalue weighted by Gasteiger charge is 2.06. The Hall–Kier alpha value is -2.94. The second kappa shape index (κ2) is 7.55. The molecule has 0 fully saturated rings. The third-order valence-electron chi connectivity index (χ3n) is 3.73. The van der Waals surface area contributed by atoms with Gasteiger partial charge in [0, 0.05) is 6.42 Å². The zero-order chi connectivity index (χ0) is 16.8. The molecular formula is C21H18FNO. The summed E-state index contributed by atoms with van der Waals surface area (Å²) in [5, 5.41) is 0. The molecule has 0 saturated heterocycles. The van der Waals surface area contributed by atoms with Gasteiger partial charge >= 0.3 is 0 Å². The summed E-state index contributed by atoms with van der Waals surface area (Å²) in [4.78, 5) is 4.77. The molecular weight excluding hydrogens is 301 g/mol. The largest absolute Gasteiger partial charge is 0.497 e. The van der Waals surface area contributed by atoms with Crippen molar-refractivity contribution in [3.63, 3.8) is 0 Å². The van der Waals surface area contributed by atoms with Crippen LogP contribution in [0.2, 0.25) is 0 Å². The van der Waals surface area contributed by atoms with Gasteiger partial charge in [0.05, 0.1) is 18.5 Å². The second-order valence-corrected chi connectivity index (χ2v) is 5.43. The van der Waals surface area contributed by atoms with Crippen molar-refractivity contribution < 1.29 is 9.13 Å². The van der Waals surface area contributed by atoms with Crippen LogP contribution in [0.4, 0.5) is 10.1 Å². The molecule has 0 spiro atoms. The molecule has 0 atom stereocenters. The van der Waals surface area contributed by atoms with Crippen LogP contribution in [0.3, 0.4) is 0 Å². The number of methoxy groups -OCH3 is 1. The lowest BCUT2D eigenvalue weighted by molar-refractivity contribution is 0.415. The molecule has 0 amide bonds. The van der Waals surface area contributed by atoms with E-state index >= 15 is 0 Å². The Morgan fingerprint density at radius 1 is 0.875 bits per heavy atom. The molecule has 0 aliphatic carbocycles. The Bertz CT molecular complexity index is 809. The first-order chi connectivity index (χ1) is 11.7. The van der Waals surface area contributed by atoms with E-state index in [4.69, 9.17) is 9.73 Å². The molecule has 0 aliphatic heterocycles. The maximum absolute atomic E-state index is 13.2. The third kappa shape index (κ3) is 4.07. The lowest BCUT2D eigenvalue weighted by atomic mass is 10.0. The van der Waals surface area contributed by atoms with Gasteiger partial charge in [-0.3, -0.25) is 4.99 Å². The van der Waals surface area contributed by atoms with Gasteiger partial charge < -0.3 is 4.74 Å². The van der Waals surface area contributed by atoms with Gasteiger partial charge in [-0.25, -0.2) is 4.39 Å². The van der Waals surface area contributed by atoms with Crippen LogP contribution in [0.5, 0.6) is 5.75 Å². The second-order valence-electron chi connectivity index (χ2n) is 5.43. The van der Waals surface area contributed by atoms with Crippen LogP contribution in [0.1, 0.15) is 11.1 Å². The van der Waals surface area contributed by atoms with Crippen LogP contribution in [-0.2, 0) is 6.42 Å². The molecule has 0 radical (unpaired) electrons. The molecule has 0 N–H and O–H groups in total. The molecule has 3 heteroatoms. The molecule has 0 aromatic heterocycles. The summed E-state index contributed by atoms with van der Waals surface area (Å²) in [6.07, 6.45) is 0.679. The standard InChI is InChI=1S/C21H18FNO/c1-24-20-13-11-19(12-14-20)23-21(15-16-5-3-2-4-6-16)17-7-9-18(22)10-8-17/h2-14H,15H2,1H3/b23-21+. The highest BCUT2D eigenvalue weighted by atomic mass is 19.1. The minimum absolute atomic E-state index is 0.248. The van der Waals surface area contributed by atoms with Gasteiger partial charge in [0.25, 0.3) is 0 Å². The van der Waals surface area contributed by atoms with Crippen LogP contribution in [0.15, 0.2) is 83.9 Å². The average molecular weight is 319 g/mol. The first-order valence-electron chi connectivity index (χ1n) is 7.76. The molecule has 0 unspecified atom stereocenters. The van der Waals surface area contributed by atoms with E-state index in [0.29, 0.717) is 6.42 Å². The van der Waals surface area contributed by atoms with Crippen molar-refractivity contribution in [1.29, 1.82) is 0 Å². The summed E-state index contributed by atoms with van der Waals surface area (Å²) in [5.74, 6) is 0.544. The Morgan fingerprint density at radius 2 is 1.54 bits per heavy atom. The Labute approximate surface area is 141 Å². The van der Waals surface area contributed by atoms with Gasteiger partial charge in [-0.1, -0.05) is 42.5 Å². The first kappa shape index (κ1) is 15.9. The number of rotatable bonds is 5. The van der Waals surface area contributed by atoms with Crippen molar-refractivity contribution in [3.05, 3.63) is 95.8 Å². The first-order valence-corrected chi connectivity index (χ1v) is 7.76. The SMILES string of the molecule is COc1ccc(/N=C(\Cc2ccccc2)c2ccc(F)cc2)cc1. The lowest BCUT2D eigenvalue weighted by Crippen LogP contribution is -2.05. The number of aliphatic imine (C=N–C) groups is 1. The predicted molar refractivity (Wildman–Crippen MR) is 95.7 cm³/mol. The van der Waals surface area contributed by atoms with E-state index in [1.165, 1.54) is 12.1 Å². The molecule has 3 aromatic rings. The van der Waals surface area contributed by atoms with Gasteiger partial charge in [0.15, 0.2) is 0 Å². The van der Waals surface area contributed by atoms with Crippen molar-refractivity contribution in [3.8, 4) is 5.75 Å². The van der Waals surface area contributed by atoms with Crippen molar-refractivity contribution in [1.82, 2.24) is 0 Å². The number of ether oxygens (including phenoxy) is 1. The number of benzene rings is 3. The summed E-state index contributed by atoms with van der Waals surface area (Å²) >= 11 is 0. The summed E-state index contributed by atoms with van der Waals surface area (Å²) in [7, 11) is 1.64. The summed E-state index contributed by atoms with van der Waals surface area (Å²) in [6.45, 7) is 0. The van der Waals surface area contributed by atoms with Crippen molar-refractivity contribution in [2.75, 3.05) is 7.11 Å². The van der Waals surface area contributed by atoms with Crippen molar-refractivity contribution in [2.24, 2.45) is 4.99 Å². The normalized spacial score (nSPS) is 11.3. The van der Waals surface area contributed by atoms with E-state index in [2.05, 4.69) is 12.1 Å². The van der Waals surface area contributed by atoms with E-state index in [1.807, 2.05) is 42.5 Å². The summed E-state index contributed by atoms with van der Waals surface area (Å²) in [6, 6.07) is 24.2. The highest BCUT2D eigenvalue weighted by Crippen LogP contribution is 2.20. The van der Waals surface area contributed by atoms with E-state index < -0.39 is 0 Å². The molecule has 0 bridgehead atoms. The fraction of sp³-hybridized carbons (Fsp3) is 0.0952. The van der Waals surface area contributed by atoms with Gasteiger partial charge in [0.1, 0.15) is 11.6 Å². The maximum atomic E-state index is 13.2. The molecule has 3 rings (SSSR count). The van der Waals surface area contributed by atoms with Crippen molar-refractivity contribution in [2.45, 2.75) is 6.42 Å². The smallest absolute Gasteiger partial charge is 0.123 e. The van der Waals surface area contributed by atoms with E-state index in [-0.39, 0.29) is 5.82 Å². The van der Waals surface area contributed by atoms with Crippen LogP contribution < -0.4 is 4.74 Å². The molecule has 0 aliphatic rings. The lowest BCUT2D eigenvalue weighted by Gasteiger charge is -2.08. The van der Waals surface area contributed by atoms with Gasteiger partial charge in [-0.15, -0.1) is 0 Å². The zero-order valence-electron chi connectivity index (χ0n) is 13.4. The van der Waals surface area contributed by atoms with Gasteiger partial charge in [-0.05, 0) is 47.5 Å². The number of nitrogens with zero attached hydrogens (tertiary/aromatic N) is 1. The van der Waals surface area contributed by atoms with Crippen molar-refractivity contribution >= 4 is 11.4 Å². The number of halogens is 1. The molecule has 24 heavy (non-hydrogen) atoms. The average Bonchev–Trinajstić information content (AvgIpc) is 2.63. The fourth-order valence-electron chi connectivity index (χ4n) is 2.45. The van der Waals surface area contributed by atoms with Crippen LogP contribution in [0.25, 0.3) is 0 Å². The highest BCUT2D eigenvalue weighted by molar-refractivity contribution is 6.03. The van der Waals surface area contributed by atoms with Crippen LogP contribution in [-0.4, -0.2) is 12.8 Å². The van der Waals surface area contributed by atoms with E-state index in [1.54, 1.807) is 19.2 Å². The topological polar surface area (TPSA) is 21.6 Å². The number of hydrogen-bond donors (Lipinski definition) is 0. The minimum Gasteiger partial charge on any atom is -0.497 e. The molecule has 3 aromatic carbocycles. The molecule has 2 nitrogen and oxygen atoms in total. The molecule has 0 saturated carbocycles. The summed E-state index contributed by atoms with van der Waals surface area (Å²) in [5.41, 5.74) is 3.81. The Balaban J connectivity index is 1.96. The van der Waals surface area contributed by atoms with Gasteiger partial charge in [-0.2, -0.15) is 0 Å². The Kier molecular flexibility index (Phi) is 5.02. The predicted octanol–water partition coefficient (Wildman–Crippen LogP) is 5.20. The van der Waals surface area contributed by atoms with Crippen LogP contribution >= 0.6 is 0 Å². The maximum Gasteiger partial charge on any atom is 0.123 e. The quantitative estimate of drug-likeness (QED) is 0.592. The summed E-state index contributed by atoms with van der Waals surface area (Å²) < 4.78 is 18.4.